The minimum absolute atomic E-state index is 0.268. The molecule has 4 nitrogen and oxygen atoms in total. The van der Waals surface area contributed by atoms with Gasteiger partial charge in [0.2, 0.25) is 0 Å². The molecule has 1 heterocycles. The van der Waals surface area contributed by atoms with Gasteiger partial charge in [-0.15, -0.1) is 0 Å². The number of methoxy groups -OCH3 is 1. The second kappa shape index (κ2) is 5.89. The topological polar surface area (TPSA) is 50.7 Å². The number of rotatable bonds is 5. The highest BCUT2D eigenvalue weighted by Gasteiger charge is 2.14. The minimum atomic E-state index is 0.268. The first kappa shape index (κ1) is 12.2. The summed E-state index contributed by atoms with van der Waals surface area (Å²) in [6.07, 6.45) is 2.61. The molecule has 1 atom stereocenters. The number of benzene rings is 1. The quantitative estimate of drug-likeness (QED) is 0.818. The molecule has 1 aromatic carbocycles. The molecule has 0 radical (unpaired) electrons. The zero-order chi connectivity index (χ0) is 12.1. The molecule has 2 N–H and O–H groups in total. The molecule has 1 saturated heterocycles. The monoisotopic (exact) mass is 237 g/mol. The van der Waals surface area contributed by atoms with Crippen molar-refractivity contribution in [2.24, 2.45) is 0 Å². The molecule has 2 rings (SSSR count). The number of aromatic hydroxyl groups is 1. The van der Waals surface area contributed by atoms with Gasteiger partial charge < -0.3 is 19.9 Å². The van der Waals surface area contributed by atoms with Crippen molar-refractivity contribution in [3.05, 3.63) is 23.8 Å². The number of hydrogen-bond acceptors (Lipinski definition) is 4. The Kier molecular flexibility index (Phi) is 4.23. The maximum atomic E-state index is 9.76. The fourth-order valence-corrected chi connectivity index (χ4v) is 1.99. The van der Waals surface area contributed by atoms with Crippen LogP contribution in [0.5, 0.6) is 11.5 Å². The molecule has 0 bridgehead atoms. The van der Waals surface area contributed by atoms with Crippen molar-refractivity contribution in [1.82, 2.24) is 5.32 Å². The van der Waals surface area contributed by atoms with E-state index in [1.807, 2.05) is 12.1 Å². The van der Waals surface area contributed by atoms with Gasteiger partial charge in [0.15, 0.2) is 0 Å². The van der Waals surface area contributed by atoms with Crippen molar-refractivity contribution in [3.8, 4) is 11.5 Å². The Morgan fingerprint density at radius 3 is 3.06 bits per heavy atom. The molecule has 1 fully saturated rings. The normalized spacial score (nSPS) is 19.5. The zero-order valence-electron chi connectivity index (χ0n) is 10.1. The van der Waals surface area contributed by atoms with Gasteiger partial charge in [-0.25, -0.2) is 0 Å². The van der Waals surface area contributed by atoms with Gasteiger partial charge in [0.25, 0.3) is 0 Å². The average Bonchev–Trinajstić information content (AvgIpc) is 2.84. The SMILES string of the molecule is COc1ccc(CNCC2CCCO2)c(O)c1. The fraction of sp³-hybridized carbons (Fsp3) is 0.538. The molecule has 17 heavy (non-hydrogen) atoms. The number of phenols is 1. The van der Waals surface area contributed by atoms with Gasteiger partial charge >= 0.3 is 0 Å². The van der Waals surface area contributed by atoms with E-state index in [4.69, 9.17) is 9.47 Å². The van der Waals surface area contributed by atoms with Gasteiger partial charge in [0.1, 0.15) is 11.5 Å². The molecule has 0 aliphatic carbocycles. The molecule has 4 heteroatoms. The Morgan fingerprint density at radius 1 is 1.53 bits per heavy atom. The van der Waals surface area contributed by atoms with Crippen LogP contribution < -0.4 is 10.1 Å². The largest absolute Gasteiger partial charge is 0.507 e. The Bertz CT molecular complexity index is 362. The van der Waals surface area contributed by atoms with E-state index in [9.17, 15) is 5.11 Å². The van der Waals surface area contributed by atoms with E-state index >= 15 is 0 Å². The summed E-state index contributed by atoms with van der Waals surface area (Å²) >= 11 is 0. The first-order chi connectivity index (χ1) is 8.29. The third-order valence-electron chi connectivity index (χ3n) is 3.00. The highest BCUT2D eigenvalue weighted by Crippen LogP contribution is 2.23. The van der Waals surface area contributed by atoms with Crippen LogP contribution in [0.2, 0.25) is 0 Å². The molecule has 0 amide bonds. The summed E-state index contributed by atoms with van der Waals surface area (Å²) in [5, 5.41) is 13.1. The molecular formula is C13H19NO3. The van der Waals surface area contributed by atoms with E-state index in [1.54, 1.807) is 13.2 Å². The second-order valence-corrected chi connectivity index (χ2v) is 4.26. The summed E-state index contributed by atoms with van der Waals surface area (Å²) in [6.45, 7) is 2.36. The van der Waals surface area contributed by atoms with E-state index in [0.29, 0.717) is 18.4 Å². The molecule has 0 aromatic heterocycles. The van der Waals surface area contributed by atoms with E-state index in [2.05, 4.69) is 5.32 Å². The van der Waals surface area contributed by atoms with Crippen LogP contribution in [-0.4, -0.2) is 31.5 Å². The van der Waals surface area contributed by atoms with Crippen molar-refractivity contribution < 1.29 is 14.6 Å². The summed E-state index contributed by atoms with van der Waals surface area (Å²) in [4.78, 5) is 0. The van der Waals surface area contributed by atoms with Crippen LogP contribution in [0, 0.1) is 0 Å². The average molecular weight is 237 g/mol. The van der Waals surface area contributed by atoms with Gasteiger partial charge in [-0.1, -0.05) is 6.07 Å². The first-order valence-electron chi connectivity index (χ1n) is 5.98. The summed E-state index contributed by atoms with van der Waals surface area (Å²) in [5.74, 6) is 0.939. The molecule has 1 unspecified atom stereocenters. The second-order valence-electron chi connectivity index (χ2n) is 4.26. The van der Waals surface area contributed by atoms with Crippen LogP contribution in [0.15, 0.2) is 18.2 Å². The molecular weight excluding hydrogens is 218 g/mol. The zero-order valence-corrected chi connectivity index (χ0v) is 10.1. The van der Waals surface area contributed by atoms with Crippen molar-refractivity contribution in [2.75, 3.05) is 20.3 Å². The standard InChI is InChI=1S/C13H19NO3/c1-16-11-5-4-10(13(15)7-11)8-14-9-12-3-2-6-17-12/h4-5,7,12,14-15H,2-3,6,8-9H2,1H3. The van der Waals surface area contributed by atoms with E-state index < -0.39 is 0 Å². The van der Waals surface area contributed by atoms with Crippen LogP contribution in [-0.2, 0) is 11.3 Å². The third-order valence-corrected chi connectivity index (χ3v) is 3.00. The summed E-state index contributed by atoms with van der Waals surface area (Å²) in [7, 11) is 1.59. The minimum Gasteiger partial charge on any atom is -0.507 e. The van der Waals surface area contributed by atoms with E-state index in [0.717, 1.165) is 31.6 Å². The van der Waals surface area contributed by atoms with Crippen molar-refractivity contribution >= 4 is 0 Å². The molecule has 0 spiro atoms. The Morgan fingerprint density at radius 2 is 2.41 bits per heavy atom. The maximum Gasteiger partial charge on any atom is 0.123 e. The van der Waals surface area contributed by atoms with Crippen LogP contribution in [0.1, 0.15) is 18.4 Å². The summed E-state index contributed by atoms with van der Waals surface area (Å²) in [6, 6.07) is 5.35. The Hall–Kier alpha value is -1.26. The Labute approximate surface area is 102 Å². The van der Waals surface area contributed by atoms with Crippen LogP contribution in [0.4, 0.5) is 0 Å². The number of nitrogens with one attached hydrogen (secondary N) is 1. The van der Waals surface area contributed by atoms with Crippen molar-refractivity contribution in [1.29, 1.82) is 0 Å². The van der Waals surface area contributed by atoms with Crippen molar-refractivity contribution in [3.63, 3.8) is 0 Å². The number of ether oxygens (including phenoxy) is 2. The number of phenolic OH excluding ortho intramolecular Hbond substituents is 1. The maximum absolute atomic E-state index is 9.76. The molecule has 94 valence electrons. The molecule has 1 aliphatic heterocycles. The summed E-state index contributed by atoms with van der Waals surface area (Å²) in [5.41, 5.74) is 0.879. The smallest absolute Gasteiger partial charge is 0.123 e. The highest BCUT2D eigenvalue weighted by atomic mass is 16.5. The number of hydrogen-bond donors (Lipinski definition) is 2. The van der Waals surface area contributed by atoms with Gasteiger partial charge in [-0.2, -0.15) is 0 Å². The van der Waals surface area contributed by atoms with Gasteiger partial charge in [0.05, 0.1) is 13.2 Å². The van der Waals surface area contributed by atoms with Crippen LogP contribution in [0.25, 0.3) is 0 Å². The summed E-state index contributed by atoms with van der Waals surface area (Å²) < 4.78 is 10.5. The lowest BCUT2D eigenvalue weighted by Gasteiger charge is -2.12. The van der Waals surface area contributed by atoms with Gasteiger partial charge in [-0.3, -0.25) is 0 Å². The predicted octanol–water partition coefficient (Wildman–Crippen LogP) is 1.67. The predicted molar refractivity (Wildman–Crippen MR) is 65.3 cm³/mol. The van der Waals surface area contributed by atoms with E-state index in [-0.39, 0.29) is 5.75 Å². The lowest BCUT2D eigenvalue weighted by atomic mass is 10.2. The molecule has 0 saturated carbocycles. The third kappa shape index (κ3) is 3.35. The van der Waals surface area contributed by atoms with Gasteiger partial charge in [-0.05, 0) is 18.9 Å². The van der Waals surface area contributed by atoms with Gasteiger partial charge in [0, 0.05) is 31.3 Å². The Balaban J connectivity index is 1.81. The van der Waals surface area contributed by atoms with Crippen molar-refractivity contribution in [2.45, 2.75) is 25.5 Å². The highest BCUT2D eigenvalue weighted by molar-refractivity contribution is 5.39. The lowest BCUT2D eigenvalue weighted by molar-refractivity contribution is 0.110. The fourth-order valence-electron chi connectivity index (χ4n) is 1.99. The van der Waals surface area contributed by atoms with E-state index in [1.165, 1.54) is 0 Å². The molecule has 1 aromatic rings. The first-order valence-corrected chi connectivity index (χ1v) is 5.98. The van der Waals surface area contributed by atoms with Crippen LogP contribution >= 0.6 is 0 Å². The van der Waals surface area contributed by atoms with Crippen LogP contribution in [0.3, 0.4) is 0 Å². The lowest BCUT2D eigenvalue weighted by Crippen LogP contribution is -2.25. The molecule has 1 aliphatic rings.